The summed E-state index contributed by atoms with van der Waals surface area (Å²) in [6, 6.07) is -0.881. The van der Waals surface area contributed by atoms with Gasteiger partial charge in [0.05, 0.1) is 13.2 Å². The first-order chi connectivity index (χ1) is 9.06. The predicted octanol–water partition coefficient (Wildman–Crippen LogP) is 1.45. The Morgan fingerprint density at radius 3 is 2.68 bits per heavy atom. The lowest BCUT2D eigenvalue weighted by molar-refractivity contribution is -0.155. The van der Waals surface area contributed by atoms with Crippen LogP contribution in [0.25, 0.3) is 0 Å². The zero-order valence-electron chi connectivity index (χ0n) is 12.2. The highest BCUT2D eigenvalue weighted by Gasteiger charge is 2.38. The monoisotopic (exact) mass is 270 g/mol. The van der Waals surface area contributed by atoms with Crippen LogP contribution in [0.15, 0.2) is 0 Å². The third kappa shape index (κ3) is 3.69. The van der Waals surface area contributed by atoms with Crippen LogP contribution in [-0.4, -0.2) is 42.0 Å². The minimum atomic E-state index is -0.502. The van der Waals surface area contributed by atoms with Crippen molar-refractivity contribution in [2.45, 2.75) is 70.5 Å². The maximum atomic E-state index is 12.4. The number of hydrogen-bond donors (Lipinski definition) is 1. The van der Waals surface area contributed by atoms with Crippen LogP contribution in [0.3, 0.4) is 0 Å². The molecule has 2 N–H and O–H groups in total. The highest BCUT2D eigenvalue weighted by atomic mass is 16.5. The van der Waals surface area contributed by atoms with Crippen LogP contribution in [-0.2, 0) is 14.3 Å². The Labute approximate surface area is 115 Å². The Hall–Kier alpha value is -1.10. The van der Waals surface area contributed by atoms with Gasteiger partial charge in [-0.05, 0) is 32.1 Å². The number of amides is 1. The van der Waals surface area contributed by atoms with Crippen LogP contribution >= 0.6 is 0 Å². The fraction of sp³-hybridized carbons (Fsp3) is 0.857. The summed E-state index contributed by atoms with van der Waals surface area (Å²) in [6.45, 7) is 3.99. The molecule has 0 aromatic heterocycles. The number of rotatable bonds is 5. The lowest BCUT2D eigenvalue weighted by atomic mass is 10.0. The molecule has 1 rings (SSSR count). The molecule has 0 saturated carbocycles. The number of esters is 1. The molecule has 1 heterocycles. The third-order valence-corrected chi connectivity index (χ3v) is 3.84. The quantitative estimate of drug-likeness (QED) is 0.767. The molecule has 0 spiro atoms. The number of carbonyl (C=O) groups excluding carboxylic acids is 2. The normalized spacial score (nSPS) is 25.9. The van der Waals surface area contributed by atoms with Crippen LogP contribution < -0.4 is 5.73 Å². The Kier molecular flexibility index (Phi) is 6.28. The van der Waals surface area contributed by atoms with Crippen molar-refractivity contribution < 1.29 is 14.3 Å². The van der Waals surface area contributed by atoms with Crippen molar-refractivity contribution in [1.82, 2.24) is 4.90 Å². The molecule has 1 saturated heterocycles. The van der Waals surface area contributed by atoms with E-state index >= 15 is 0 Å². The van der Waals surface area contributed by atoms with Gasteiger partial charge in [0.25, 0.3) is 0 Å². The summed E-state index contributed by atoms with van der Waals surface area (Å²) in [4.78, 5) is 26.0. The summed E-state index contributed by atoms with van der Waals surface area (Å²) in [7, 11) is 1.36. The SMILES string of the molecule is CCC[C@H]1CCC[C@H](N)C(=O)N1[C@@H](CC)C(=O)OC. The first-order valence-electron chi connectivity index (χ1n) is 7.22. The van der Waals surface area contributed by atoms with Crippen molar-refractivity contribution in [3.05, 3.63) is 0 Å². The molecule has 0 radical (unpaired) electrons. The number of carbonyl (C=O) groups is 2. The van der Waals surface area contributed by atoms with Crippen LogP contribution in [0, 0.1) is 0 Å². The zero-order chi connectivity index (χ0) is 14.4. The molecule has 3 atom stereocenters. The molecule has 5 nitrogen and oxygen atoms in total. The molecule has 5 heteroatoms. The van der Waals surface area contributed by atoms with Gasteiger partial charge in [-0.2, -0.15) is 0 Å². The van der Waals surface area contributed by atoms with Gasteiger partial charge in [0.15, 0.2) is 0 Å². The van der Waals surface area contributed by atoms with Gasteiger partial charge in [-0.25, -0.2) is 4.79 Å². The molecule has 1 aliphatic heterocycles. The number of ether oxygens (including phenoxy) is 1. The van der Waals surface area contributed by atoms with E-state index in [9.17, 15) is 9.59 Å². The maximum absolute atomic E-state index is 12.4. The van der Waals surface area contributed by atoms with Gasteiger partial charge in [-0.1, -0.05) is 20.3 Å². The molecule has 0 aliphatic carbocycles. The minimum absolute atomic E-state index is 0.104. The Morgan fingerprint density at radius 2 is 2.16 bits per heavy atom. The van der Waals surface area contributed by atoms with Gasteiger partial charge in [0, 0.05) is 6.04 Å². The van der Waals surface area contributed by atoms with E-state index in [1.807, 2.05) is 6.92 Å². The van der Waals surface area contributed by atoms with E-state index in [4.69, 9.17) is 10.5 Å². The van der Waals surface area contributed by atoms with E-state index in [1.54, 1.807) is 4.90 Å². The van der Waals surface area contributed by atoms with Crippen molar-refractivity contribution in [3.63, 3.8) is 0 Å². The van der Waals surface area contributed by atoms with Gasteiger partial charge in [0.1, 0.15) is 6.04 Å². The molecule has 0 aromatic rings. The number of likely N-dealkylation sites (tertiary alicyclic amines) is 1. The van der Waals surface area contributed by atoms with Gasteiger partial charge < -0.3 is 15.4 Å². The van der Waals surface area contributed by atoms with E-state index < -0.39 is 12.1 Å². The standard InChI is InChI=1S/C14H26N2O3/c1-4-7-10-8-6-9-11(15)13(17)16(10)12(5-2)14(18)19-3/h10-12H,4-9,15H2,1-3H3/t10-,11-,12-/m0/s1. The van der Waals surface area contributed by atoms with Gasteiger partial charge in [-0.3, -0.25) is 4.79 Å². The average molecular weight is 270 g/mol. The molecule has 1 aliphatic rings. The molecular formula is C14H26N2O3. The number of nitrogens with zero attached hydrogens (tertiary/aromatic N) is 1. The summed E-state index contributed by atoms with van der Waals surface area (Å²) in [5, 5.41) is 0. The highest BCUT2D eigenvalue weighted by Crippen LogP contribution is 2.25. The number of methoxy groups -OCH3 is 1. The third-order valence-electron chi connectivity index (χ3n) is 3.84. The number of hydrogen-bond acceptors (Lipinski definition) is 4. The van der Waals surface area contributed by atoms with Crippen LogP contribution in [0.4, 0.5) is 0 Å². The summed E-state index contributed by atoms with van der Waals surface area (Å²) in [5.74, 6) is -0.445. The smallest absolute Gasteiger partial charge is 0.328 e. The lowest BCUT2D eigenvalue weighted by Gasteiger charge is -2.36. The second kappa shape index (κ2) is 7.48. The van der Waals surface area contributed by atoms with Gasteiger partial charge >= 0.3 is 5.97 Å². The zero-order valence-corrected chi connectivity index (χ0v) is 12.2. The molecule has 0 bridgehead atoms. The van der Waals surface area contributed by atoms with Crippen molar-refractivity contribution in [2.24, 2.45) is 5.73 Å². The van der Waals surface area contributed by atoms with Gasteiger partial charge in [-0.15, -0.1) is 0 Å². The van der Waals surface area contributed by atoms with E-state index in [1.165, 1.54) is 7.11 Å². The minimum Gasteiger partial charge on any atom is -0.467 e. The fourth-order valence-electron chi connectivity index (χ4n) is 2.85. The Balaban J connectivity index is 3.02. The second-order valence-corrected chi connectivity index (χ2v) is 5.17. The first-order valence-corrected chi connectivity index (χ1v) is 7.22. The van der Waals surface area contributed by atoms with E-state index in [0.717, 1.165) is 25.7 Å². The van der Waals surface area contributed by atoms with E-state index in [-0.39, 0.29) is 17.9 Å². The van der Waals surface area contributed by atoms with Crippen LogP contribution in [0.5, 0.6) is 0 Å². The van der Waals surface area contributed by atoms with Crippen molar-refractivity contribution in [3.8, 4) is 0 Å². The summed E-state index contributed by atoms with van der Waals surface area (Å²) >= 11 is 0. The predicted molar refractivity (Wildman–Crippen MR) is 73.5 cm³/mol. The molecular weight excluding hydrogens is 244 g/mol. The average Bonchev–Trinajstić information content (AvgIpc) is 2.53. The fourth-order valence-corrected chi connectivity index (χ4v) is 2.85. The summed E-state index contributed by atoms with van der Waals surface area (Å²) < 4.78 is 4.83. The van der Waals surface area contributed by atoms with Crippen molar-refractivity contribution >= 4 is 11.9 Å². The number of nitrogens with two attached hydrogens (primary N) is 1. The van der Waals surface area contributed by atoms with Crippen molar-refractivity contribution in [1.29, 1.82) is 0 Å². The topological polar surface area (TPSA) is 72.6 Å². The largest absolute Gasteiger partial charge is 0.467 e. The lowest BCUT2D eigenvalue weighted by Crippen LogP contribution is -2.54. The van der Waals surface area contributed by atoms with E-state index in [2.05, 4.69) is 6.92 Å². The molecule has 19 heavy (non-hydrogen) atoms. The molecule has 1 amide bonds. The van der Waals surface area contributed by atoms with Crippen molar-refractivity contribution in [2.75, 3.05) is 7.11 Å². The Morgan fingerprint density at radius 1 is 1.47 bits per heavy atom. The van der Waals surface area contributed by atoms with Crippen LogP contribution in [0.2, 0.25) is 0 Å². The summed E-state index contributed by atoms with van der Waals surface area (Å²) in [6.07, 6.45) is 5.01. The highest BCUT2D eigenvalue weighted by molar-refractivity contribution is 5.88. The van der Waals surface area contributed by atoms with Gasteiger partial charge in [0.2, 0.25) is 5.91 Å². The van der Waals surface area contributed by atoms with Crippen LogP contribution in [0.1, 0.15) is 52.4 Å². The maximum Gasteiger partial charge on any atom is 0.328 e. The molecule has 0 aromatic carbocycles. The van der Waals surface area contributed by atoms with E-state index in [0.29, 0.717) is 12.8 Å². The summed E-state index contributed by atoms with van der Waals surface area (Å²) in [5.41, 5.74) is 5.92. The second-order valence-electron chi connectivity index (χ2n) is 5.17. The molecule has 1 fully saturated rings. The Bertz CT molecular complexity index is 320. The first kappa shape index (κ1) is 16.0. The molecule has 110 valence electrons. The molecule has 0 unspecified atom stereocenters.